The van der Waals surface area contributed by atoms with E-state index >= 15 is 0 Å². The highest BCUT2D eigenvalue weighted by atomic mass is 16.7. The fraction of sp³-hybridized carbons (Fsp3) is 0.818. The second-order valence-electron chi connectivity index (χ2n) is 5.07. The molecular weight excluding hydrogens is 242 g/mol. The molecule has 104 valence electrons. The highest BCUT2D eigenvalue weighted by Gasteiger charge is 2.61. The van der Waals surface area contributed by atoms with E-state index in [9.17, 15) is 9.59 Å². The van der Waals surface area contributed by atoms with Gasteiger partial charge < -0.3 is 19.3 Å². The Bertz CT molecular complexity index is 344. The van der Waals surface area contributed by atoms with Crippen LogP contribution in [-0.4, -0.2) is 60.3 Å². The first-order valence-electron chi connectivity index (χ1n) is 5.49. The minimum absolute atomic E-state index is 0.0197. The Morgan fingerprint density at radius 1 is 1.28 bits per heavy atom. The topological polar surface area (TPSA) is 85.3 Å². The number of rotatable bonds is 3. The van der Waals surface area contributed by atoms with E-state index in [1.54, 1.807) is 20.8 Å². The number of carboxylic acids is 1. The molecule has 7 nitrogen and oxygen atoms in total. The molecule has 0 bridgehead atoms. The Labute approximate surface area is 106 Å². The number of hydrogen-bond acceptors (Lipinski definition) is 5. The number of carbonyl (C=O) groups excluding carboxylic acids is 1. The lowest BCUT2D eigenvalue weighted by atomic mass is 9.95. The van der Waals surface area contributed by atoms with Crippen molar-refractivity contribution >= 4 is 12.1 Å². The standard InChI is InChI=1S/C11H19NO6/c1-10(2,3)18-9(15)12-6-11(16-4,17-5)7(12)8(13)14/h7H,6H2,1-5H3,(H,13,14). The summed E-state index contributed by atoms with van der Waals surface area (Å²) < 4.78 is 15.2. The molecule has 0 radical (unpaired) electrons. The smallest absolute Gasteiger partial charge is 0.411 e. The monoisotopic (exact) mass is 261 g/mol. The van der Waals surface area contributed by atoms with Gasteiger partial charge in [-0.3, -0.25) is 4.90 Å². The normalized spacial score (nSPS) is 22.3. The molecule has 0 aliphatic carbocycles. The Morgan fingerprint density at radius 2 is 1.78 bits per heavy atom. The maximum Gasteiger partial charge on any atom is 0.411 e. The van der Waals surface area contributed by atoms with Crippen LogP contribution in [-0.2, 0) is 19.0 Å². The van der Waals surface area contributed by atoms with Gasteiger partial charge in [-0.2, -0.15) is 0 Å². The Balaban J connectivity index is 2.82. The van der Waals surface area contributed by atoms with Gasteiger partial charge in [-0.15, -0.1) is 0 Å². The molecule has 0 aromatic rings. The van der Waals surface area contributed by atoms with Crippen molar-refractivity contribution in [2.45, 2.75) is 38.2 Å². The van der Waals surface area contributed by atoms with Gasteiger partial charge in [0.05, 0.1) is 6.54 Å². The second kappa shape index (κ2) is 4.74. The highest BCUT2D eigenvalue weighted by molar-refractivity contribution is 5.83. The third-order valence-electron chi connectivity index (χ3n) is 2.67. The van der Waals surface area contributed by atoms with Gasteiger partial charge in [-0.1, -0.05) is 0 Å². The molecule has 18 heavy (non-hydrogen) atoms. The van der Waals surface area contributed by atoms with Crippen LogP contribution in [0.15, 0.2) is 0 Å². The molecule has 1 unspecified atom stereocenters. The number of carbonyl (C=O) groups is 2. The number of amides is 1. The van der Waals surface area contributed by atoms with Crippen molar-refractivity contribution in [3.63, 3.8) is 0 Å². The van der Waals surface area contributed by atoms with Crippen LogP contribution in [0.1, 0.15) is 20.8 Å². The van der Waals surface area contributed by atoms with Crippen molar-refractivity contribution in [3.05, 3.63) is 0 Å². The number of hydrogen-bond donors (Lipinski definition) is 1. The lowest BCUT2D eigenvalue weighted by Gasteiger charge is -2.51. The molecule has 1 N–H and O–H groups in total. The van der Waals surface area contributed by atoms with Gasteiger partial charge in [0.1, 0.15) is 5.60 Å². The maximum absolute atomic E-state index is 11.8. The zero-order valence-corrected chi connectivity index (χ0v) is 11.2. The van der Waals surface area contributed by atoms with Gasteiger partial charge in [-0.25, -0.2) is 9.59 Å². The third-order valence-corrected chi connectivity index (χ3v) is 2.67. The first-order chi connectivity index (χ1) is 8.17. The van der Waals surface area contributed by atoms with Gasteiger partial charge in [0.15, 0.2) is 6.04 Å². The molecule has 0 saturated carbocycles. The Morgan fingerprint density at radius 3 is 2.11 bits per heavy atom. The molecule has 1 aliphatic rings. The van der Waals surface area contributed by atoms with Gasteiger partial charge in [-0.05, 0) is 20.8 Å². The minimum atomic E-state index is -1.30. The van der Waals surface area contributed by atoms with Crippen LogP contribution < -0.4 is 0 Å². The van der Waals surface area contributed by atoms with E-state index in [2.05, 4.69) is 0 Å². The van der Waals surface area contributed by atoms with E-state index in [1.165, 1.54) is 14.2 Å². The average Bonchev–Trinajstić information content (AvgIpc) is 2.14. The number of carboxylic acid groups (broad SMARTS) is 1. The van der Waals surface area contributed by atoms with Crippen LogP contribution in [0.3, 0.4) is 0 Å². The number of ether oxygens (including phenoxy) is 3. The predicted octanol–water partition coefficient (Wildman–Crippen LogP) is 0.679. The molecule has 1 rings (SSSR count). The van der Waals surface area contributed by atoms with Crippen molar-refractivity contribution < 1.29 is 28.9 Å². The number of likely N-dealkylation sites (tertiary alicyclic amines) is 1. The summed E-state index contributed by atoms with van der Waals surface area (Å²) in [6.45, 7) is 5.15. The number of nitrogens with zero attached hydrogens (tertiary/aromatic N) is 1. The maximum atomic E-state index is 11.8. The van der Waals surface area contributed by atoms with Crippen LogP contribution >= 0.6 is 0 Å². The molecule has 0 spiro atoms. The van der Waals surface area contributed by atoms with E-state index in [0.717, 1.165) is 4.90 Å². The molecule has 1 amide bonds. The summed E-state index contributed by atoms with van der Waals surface area (Å²) in [5, 5.41) is 9.14. The summed E-state index contributed by atoms with van der Waals surface area (Å²) in [7, 11) is 2.68. The van der Waals surface area contributed by atoms with Crippen LogP contribution in [0.5, 0.6) is 0 Å². The summed E-state index contributed by atoms with van der Waals surface area (Å²) in [6, 6.07) is -1.21. The molecule has 1 saturated heterocycles. The van der Waals surface area contributed by atoms with Crippen LogP contribution in [0.25, 0.3) is 0 Å². The molecule has 1 heterocycles. The fourth-order valence-electron chi connectivity index (χ4n) is 1.79. The van der Waals surface area contributed by atoms with Crippen LogP contribution in [0, 0.1) is 0 Å². The van der Waals surface area contributed by atoms with Gasteiger partial charge in [0, 0.05) is 14.2 Å². The predicted molar refractivity (Wildman–Crippen MR) is 61.1 cm³/mol. The second-order valence-corrected chi connectivity index (χ2v) is 5.07. The number of methoxy groups -OCH3 is 2. The number of aliphatic carboxylic acids is 1. The van der Waals surface area contributed by atoms with E-state index in [1.807, 2.05) is 0 Å². The summed E-state index contributed by atoms with van der Waals surface area (Å²) in [6.07, 6.45) is -0.695. The van der Waals surface area contributed by atoms with Crippen molar-refractivity contribution in [1.82, 2.24) is 4.90 Å². The van der Waals surface area contributed by atoms with Crippen molar-refractivity contribution in [2.24, 2.45) is 0 Å². The zero-order valence-electron chi connectivity index (χ0n) is 11.2. The van der Waals surface area contributed by atoms with E-state index < -0.39 is 29.5 Å². The van der Waals surface area contributed by atoms with Crippen molar-refractivity contribution in [1.29, 1.82) is 0 Å². The molecule has 7 heteroatoms. The Hall–Kier alpha value is -1.34. The molecule has 1 fully saturated rings. The lowest BCUT2D eigenvalue weighted by molar-refractivity contribution is -0.297. The molecular formula is C11H19NO6. The first kappa shape index (κ1) is 14.7. The quantitative estimate of drug-likeness (QED) is 0.752. The molecule has 0 aromatic carbocycles. The largest absolute Gasteiger partial charge is 0.480 e. The van der Waals surface area contributed by atoms with E-state index in [-0.39, 0.29) is 6.54 Å². The van der Waals surface area contributed by atoms with E-state index in [4.69, 9.17) is 19.3 Å². The van der Waals surface area contributed by atoms with Gasteiger partial charge in [0.25, 0.3) is 0 Å². The first-order valence-corrected chi connectivity index (χ1v) is 5.49. The van der Waals surface area contributed by atoms with Crippen LogP contribution in [0.2, 0.25) is 0 Å². The van der Waals surface area contributed by atoms with Crippen LogP contribution in [0.4, 0.5) is 4.79 Å². The SMILES string of the molecule is COC1(OC)CN(C(=O)OC(C)(C)C)C1C(=O)O. The summed E-state index contributed by atoms with van der Waals surface area (Å²) in [4.78, 5) is 24.1. The van der Waals surface area contributed by atoms with Gasteiger partial charge in [0.2, 0.25) is 5.79 Å². The summed E-state index contributed by atoms with van der Waals surface area (Å²) >= 11 is 0. The van der Waals surface area contributed by atoms with Crippen molar-refractivity contribution in [3.8, 4) is 0 Å². The Kier molecular flexibility index (Phi) is 3.87. The van der Waals surface area contributed by atoms with E-state index in [0.29, 0.717) is 0 Å². The van der Waals surface area contributed by atoms with Crippen molar-refractivity contribution in [2.75, 3.05) is 20.8 Å². The minimum Gasteiger partial charge on any atom is -0.480 e. The highest BCUT2D eigenvalue weighted by Crippen LogP contribution is 2.34. The lowest BCUT2D eigenvalue weighted by Crippen LogP contribution is -2.75. The molecule has 0 aromatic heterocycles. The molecule has 1 aliphatic heterocycles. The molecule has 1 atom stereocenters. The summed E-state index contributed by atoms with van der Waals surface area (Å²) in [5.74, 6) is -2.50. The summed E-state index contributed by atoms with van der Waals surface area (Å²) in [5.41, 5.74) is -0.682. The third kappa shape index (κ3) is 2.56. The zero-order chi connectivity index (χ0) is 14.1. The average molecular weight is 261 g/mol. The fourth-order valence-corrected chi connectivity index (χ4v) is 1.79. The van der Waals surface area contributed by atoms with Gasteiger partial charge >= 0.3 is 12.1 Å².